The molecule has 0 spiro atoms. The molecular formula is C19H27N5O. The third kappa shape index (κ3) is 2.87. The van der Waals surface area contributed by atoms with Crippen molar-refractivity contribution in [2.24, 2.45) is 5.92 Å². The number of carbonyl (C=O) groups is 1. The Hall–Kier alpha value is -2.11. The van der Waals surface area contributed by atoms with Crippen LogP contribution in [0.15, 0.2) is 6.07 Å². The van der Waals surface area contributed by atoms with Crippen LogP contribution in [0.1, 0.15) is 42.6 Å². The lowest BCUT2D eigenvalue weighted by Gasteiger charge is -2.34. The Labute approximate surface area is 148 Å². The highest BCUT2D eigenvalue weighted by molar-refractivity contribution is 5.79. The summed E-state index contributed by atoms with van der Waals surface area (Å²) in [6.45, 7) is 9.86. The fraction of sp³-hybridized carbons (Fsp3) is 0.632. The van der Waals surface area contributed by atoms with Crippen molar-refractivity contribution in [1.29, 1.82) is 0 Å². The van der Waals surface area contributed by atoms with E-state index in [-0.39, 0.29) is 5.92 Å². The highest BCUT2D eigenvalue weighted by Gasteiger charge is 2.30. The first kappa shape index (κ1) is 16.4. The van der Waals surface area contributed by atoms with E-state index < -0.39 is 0 Å². The van der Waals surface area contributed by atoms with Gasteiger partial charge in [-0.15, -0.1) is 0 Å². The molecule has 2 aliphatic rings. The molecule has 0 unspecified atom stereocenters. The molecule has 0 saturated carbocycles. The van der Waals surface area contributed by atoms with Gasteiger partial charge in [-0.25, -0.2) is 4.98 Å². The van der Waals surface area contributed by atoms with Crippen molar-refractivity contribution in [3.63, 3.8) is 0 Å². The number of aromatic nitrogens is 3. The quantitative estimate of drug-likeness (QED) is 0.842. The highest BCUT2D eigenvalue weighted by atomic mass is 16.2. The average Bonchev–Trinajstić information content (AvgIpc) is 3.24. The molecule has 0 bridgehead atoms. The molecule has 0 aliphatic carbocycles. The predicted octanol–water partition coefficient (Wildman–Crippen LogP) is 2.49. The van der Waals surface area contributed by atoms with Crippen molar-refractivity contribution < 1.29 is 4.79 Å². The second-order valence-electron chi connectivity index (χ2n) is 7.50. The number of likely N-dealkylation sites (tertiary alicyclic amines) is 1. The number of anilines is 1. The first-order valence-corrected chi connectivity index (χ1v) is 9.42. The van der Waals surface area contributed by atoms with Gasteiger partial charge >= 0.3 is 0 Å². The van der Waals surface area contributed by atoms with Crippen LogP contribution in [0.3, 0.4) is 0 Å². The molecule has 6 heteroatoms. The summed E-state index contributed by atoms with van der Waals surface area (Å²) in [6.07, 6.45) is 4.18. The maximum Gasteiger partial charge on any atom is 0.225 e. The van der Waals surface area contributed by atoms with Crippen LogP contribution < -0.4 is 4.90 Å². The lowest BCUT2D eigenvalue weighted by Crippen LogP contribution is -2.42. The average molecular weight is 341 g/mol. The number of amides is 1. The maximum absolute atomic E-state index is 12.6. The highest BCUT2D eigenvalue weighted by Crippen LogP contribution is 2.27. The van der Waals surface area contributed by atoms with Gasteiger partial charge in [0, 0.05) is 49.4 Å². The minimum Gasteiger partial charge on any atom is -0.356 e. The van der Waals surface area contributed by atoms with Gasteiger partial charge in [-0.05, 0) is 46.5 Å². The number of hydrogen-bond acceptors (Lipinski definition) is 4. The summed E-state index contributed by atoms with van der Waals surface area (Å²) in [5.41, 5.74) is 4.13. The van der Waals surface area contributed by atoms with Gasteiger partial charge in [0.25, 0.3) is 0 Å². The topological polar surface area (TPSA) is 53.7 Å². The van der Waals surface area contributed by atoms with Crippen molar-refractivity contribution in [3.05, 3.63) is 23.0 Å². The van der Waals surface area contributed by atoms with Crippen LogP contribution in [0.5, 0.6) is 0 Å². The van der Waals surface area contributed by atoms with E-state index in [0.717, 1.165) is 80.3 Å². The Kier molecular flexibility index (Phi) is 4.13. The number of rotatable bonds is 2. The second-order valence-corrected chi connectivity index (χ2v) is 7.50. The van der Waals surface area contributed by atoms with E-state index in [1.807, 2.05) is 18.4 Å². The smallest absolute Gasteiger partial charge is 0.225 e. The largest absolute Gasteiger partial charge is 0.356 e. The van der Waals surface area contributed by atoms with E-state index in [1.165, 1.54) is 0 Å². The normalized spacial score (nSPS) is 19.2. The van der Waals surface area contributed by atoms with Gasteiger partial charge in [0.15, 0.2) is 5.65 Å². The molecule has 2 aromatic heterocycles. The summed E-state index contributed by atoms with van der Waals surface area (Å²) in [6, 6.07) is 2.11. The molecule has 6 nitrogen and oxygen atoms in total. The van der Waals surface area contributed by atoms with Gasteiger partial charge in [0.1, 0.15) is 5.82 Å². The van der Waals surface area contributed by atoms with Crippen LogP contribution in [-0.4, -0.2) is 51.6 Å². The molecule has 2 fully saturated rings. The van der Waals surface area contributed by atoms with E-state index in [1.54, 1.807) is 0 Å². The number of aryl methyl sites for hydroxylation is 3. The monoisotopic (exact) mass is 341 g/mol. The predicted molar refractivity (Wildman–Crippen MR) is 97.9 cm³/mol. The zero-order valence-corrected chi connectivity index (χ0v) is 15.5. The zero-order chi connectivity index (χ0) is 17.6. The van der Waals surface area contributed by atoms with Gasteiger partial charge in [0.05, 0.1) is 5.69 Å². The van der Waals surface area contributed by atoms with Gasteiger partial charge in [-0.1, -0.05) is 0 Å². The van der Waals surface area contributed by atoms with Crippen molar-refractivity contribution >= 4 is 17.4 Å². The number of fused-ring (bicyclic) bond motifs is 1. The second kappa shape index (κ2) is 6.32. The molecule has 4 rings (SSSR count). The van der Waals surface area contributed by atoms with E-state index >= 15 is 0 Å². The molecule has 2 aromatic rings. The summed E-state index contributed by atoms with van der Waals surface area (Å²) >= 11 is 0. The SMILES string of the molecule is Cc1cc(N2CCC(C(=O)N3CCCC3)CC2)n2nc(C)c(C)c2n1. The summed E-state index contributed by atoms with van der Waals surface area (Å²) in [4.78, 5) is 21.7. The zero-order valence-electron chi connectivity index (χ0n) is 15.5. The first-order chi connectivity index (χ1) is 12.0. The molecule has 0 atom stereocenters. The van der Waals surface area contributed by atoms with Crippen LogP contribution in [0.4, 0.5) is 5.82 Å². The maximum atomic E-state index is 12.6. The third-order valence-corrected chi connectivity index (χ3v) is 5.75. The molecule has 25 heavy (non-hydrogen) atoms. The number of nitrogens with zero attached hydrogens (tertiary/aromatic N) is 5. The molecule has 2 saturated heterocycles. The molecule has 0 N–H and O–H groups in total. The van der Waals surface area contributed by atoms with E-state index in [9.17, 15) is 4.79 Å². The molecule has 1 amide bonds. The Morgan fingerprint density at radius 1 is 1.08 bits per heavy atom. The molecule has 0 aromatic carbocycles. The van der Waals surface area contributed by atoms with Crippen LogP contribution in [0, 0.1) is 26.7 Å². The minimum atomic E-state index is 0.189. The summed E-state index contributed by atoms with van der Waals surface area (Å²) < 4.78 is 1.97. The van der Waals surface area contributed by atoms with E-state index in [4.69, 9.17) is 0 Å². The number of carbonyl (C=O) groups excluding carboxylic acids is 1. The lowest BCUT2D eigenvalue weighted by molar-refractivity contribution is -0.135. The van der Waals surface area contributed by atoms with Crippen molar-refractivity contribution in [2.75, 3.05) is 31.1 Å². The Bertz CT molecular complexity index is 798. The number of piperidine rings is 1. The van der Waals surface area contributed by atoms with Gasteiger partial charge in [-0.2, -0.15) is 9.61 Å². The molecular weight excluding hydrogens is 314 g/mol. The minimum absolute atomic E-state index is 0.189. The van der Waals surface area contributed by atoms with Gasteiger partial charge in [0.2, 0.25) is 5.91 Å². The van der Waals surface area contributed by atoms with Crippen molar-refractivity contribution in [1.82, 2.24) is 19.5 Å². The first-order valence-electron chi connectivity index (χ1n) is 9.42. The van der Waals surface area contributed by atoms with Crippen molar-refractivity contribution in [2.45, 2.75) is 46.5 Å². The molecule has 4 heterocycles. The van der Waals surface area contributed by atoms with Gasteiger partial charge in [-0.3, -0.25) is 4.79 Å². The molecule has 134 valence electrons. The van der Waals surface area contributed by atoms with Gasteiger partial charge < -0.3 is 9.80 Å². The standard InChI is InChI=1S/C19H27N5O/c1-13-12-17(24-18(20-13)14(2)15(3)21-24)22-10-6-16(7-11-22)19(25)23-8-4-5-9-23/h12,16H,4-11H2,1-3H3. The summed E-state index contributed by atoms with van der Waals surface area (Å²) in [5, 5.41) is 4.68. The van der Waals surface area contributed by atoms with Crippen LogP contribution in [-0.2, 0) is 4.79 Å². The van der Waals surface area contributed by atoms with Crippen molar-refractivity contribution in [3.8, 4) is 0 Å². The Balaban J connectivity index is 1.54. The lowest BCUT2D eigenvalue weighted by atomic mass is 9.95. The fourth-order valence-electron chi connectivity index (χ4n) is 4.11. The van der Waals surface area contributed by atoms with Crippen LogP contribution >= 0.6 is 0 Å². The molecule has 0 radical (unpaired) electrons. The Morgan fingerprint density at radius 3 is 2.44 bits per heavy atom. The summed E-state index contributed by atoms with van der Waals surface area (Å²) in [5.74, 6) is 1.67. The van der Waals surface area contributed by atoms with E-state index in [0.29, 0.717) is 5.91 Å². The Morgan fingerprint density at radius 2 is 1.76 bits per heavy atom. The molecule has 2 aliphatic heterocycles. The van der Waals surface area contributed by atoms with Crippen LogP contribution in [0.2, 0.25) is 0 Å². The third-order valence-electron chi connectivity index (χ3n) is 5.75. The number of hydrogen-bond donors (Lipinski definition) is 0. The van der Waals surface area contributed by atoms with E-state index in [2.05, 4.69) is 32.9 Å². The van der Waals surface area contributed by atoms with Crippen LogP contribution in [0.25, 0.3) is 5.65 Å². The summed E-state index contributed by atoms with van der Waals surface area (Å²) in [7, 11) is 0. The fourth-order valence-corrected chi connectivity index (χ4v) is 4.11.